The maximum atomic E-state index is 5.55. The molecule has 0 spiro atoms. The molecule has 0 aliphatic carbocycles. The van der Waals surface area contributed by atoms with E-state index in [0.717, 1.165) is 76.5 Å². The molecule has 152 valence electrons. The molecule has 7 heteroatoms. The van der Waals surface area contributed by atoms with Crippen LogP contribution in [-0.2, 0) is 11.8 Å². The number of imidazole rings is 1. The first-order valence-corrected chi connectivity index (χ1v) is 10.3. The number of fused-ring (bicyclic) bond motifs is 4. The van der Waals surface area contributed by atoms with E-state index < -0.39 is 0 Å². The third kappa shape index (κ3) is 2.55. The van der Waals surface area contributed by atoms with Crippen molar-refractivity contribution in [3.63, 3.8) is 0 Å². The molecular weight excluding hydrogens is 378 g/mol. The Balaban J connectivity index is 1.56. The molecule has 7 nitrogen and oxygen atoms in total. The van der Waals surface area contributed by atoms with E-state index in [1.165, 1.54) is 0 Å². The zero-order valence-corrected chi connectivity index (χ0v) is 17.1. The predicted octanol–water partition coefficient (Wildman–Crippen LogP) is 4.27. The number of aryl methyl sites for hydroxylation is 1. The summed E-state index contributed by atoms with van der Waals surface area (Å²) in [6.45, 7) is 1.59. The van der Waals surface area contributed by atoms with Crippen LogP contribution in [0.25, 0.3) is 38.8 Å². The summed E-state index contributed by atoms with van der Waals surface area (Å²) in [5, 5.41) is 1.15. The second kappa shape index (κ2) is 6.60. The summed E-state index contributed by atoms with van der Waals surface area (Å²) in [6, 6.07) is 8.36. The molecule has 0 bridgehead atoms. The summed E-state index contributed by atoms with van der Waals surface area (Å²) >= 11 is 0. The van der Waals surface area contributed by atoms with Crippen LogP contribution in [0.5, 0.6) is 5.75 Å². The fraction of sp³-hybridized carbons (Fsp3) is 0.304. The fourth-order valence-electron chi connectivity index (χ4n) is 4.67. The van der Waals surface area contributed by atoms with Gasteiger partial charge in [-0.2, -0.15) is 0 Å². The number of hydrogen-bond donors (Lipinski definition) is 1. The number of H-pyrrole nitrogens is 1. The van der Waals surface area contributed by atoms with Gasteiger partial charge in [0.05, 0.1) is 36.2 Å². The van der Waals surface area contributed by atoms with Crippen LogP contribution >= 0.6 is 0 Å². The Morgan fingerprint density at radius 2 is 1.93 bits per heavy atom. The second-order valence-electron chi connectivity index (χ2n) is 7.98. The second-order valence-corrected chi connectivity index (χ2v) is 7.98. The molecule has 6 rings (SSSR count). The molecule has 5 heterocycles. The lowest BCUT2D eigenvalue weighted by atomic mass is 9.99. The Morgan fingerprint density at radius 3 is 2.77 bits per heavy atom. The Labute approximate surface area is 173 Å². The first-order chi connectivity index (χ1) is 14.7. The summed E-state index contributed by atoms with van der Waals surface area (Å²) < 4.78 is 15.4. The normalized spacial score (nSPS) is 15.5. The Bertz CT molecular complexity index is 1390. The Morgan fingerprint density at radius 1 is 1.10 bits per heavy atom. The molecule has 1 aliphatic rings. The van der Waals surface area contributed by atoms with Crippen molar-refractivity contribution in [3.05, 3.63) is 48.7 Å². The lowest BCUT2D eigenvalue weighted by Gasteiger charge is -2.21. The SMILES string of the molecule is COc1ccc2c(c1)c(-c1cc3c(ncc4cnc(C5CCOCC5)n43)[nH]1)cn2C. The van der Waals surface area contributed by atoms with E-state index in [2.05, 4.69) is 50.4 Å². The van der Waals surface area contributed by atoms with Crippen LogP contribution in [0.15, 0.2) is 42.9 Å². The van der Waals surface area contributed by atoms with Crippen molar-refractivity contribution in [1.82, 2.24) is 23.9 Å². The molecule has 1 N–H and O–H groups in total. The van der Waals surface area contributed by atoms with Gasteiger partial charge in [0, 0.05) is 48.8 Å². The summed E-state index contributed by atoms with van der Waals surface area (Å²) in [7, 11) is 3.76. The summed E-state index contributed by atoms with van der Waals surface area (Å²) in [4.78, 5) is 13.0. The lowest BCUT2D eigenvalue weighted by Crippen LogP contribution is -2.16. The monoisotopic (exact) mass is 401 g/mol. The van der Waals surface area contributed by atoms with Gasteiger partial charge in [0.15, 0.2) is 5.65 Å². The van der Waals surface area contributed by atoms with Gasteiger partial charge in [-0.25, -0.2) is 9.97 Å². The zero-order valence-electron chi connectivity index (χ0n) is 17.1. The molecule has 0 saturated carbocycles. The van der Waals surface area contributed by atoms with Crippen LogP contribution in [0.2, 0.25) is 0 Å². The Hall–Kier alpha value is -3.32. The van der Waals surface area contributed by atoms with Crippen LogP contribution in [0, 0.1) is 0 Å². The van der Waals surface area contributed by atoms with Crippen molar-refractivity contribution < 1.29 is 9.47 Å². The minimum Gasteiger partial charge on any atom is -0.497 e. The van der Waals surface area contributed by atoms with Gasteiger partial charge in [0.25, 0.3) is 0 Å². The molecule has 4 aromatic heterocycles. The molecule has 0 radical (unpaired) electrons. The highest BCUT2D eigenvalue weighted by atomic mass is 16.5. The van der Waals surface area contributed by atoms with E-state index in [4.69, 9.17) is 14.5 Å². The molecule has 1 aliphatic heterocycles. The van der Waals surface area contributed by atoms with Crippen LogP contribution in [0.1, 0.15) is 24.6 Å². The van der Waals surface area contributed by atoms with E-state index >= 15 is 0 Å². The lowest BCUT2D eigenvalue weighted by molar-refractivity contribution is 0.0835. The number of hydrogen-bond acceptors (Lipinski definition) is 4. The fourth-order valence-corrected chi connectivity index (χ4v) is 4.67. The predicted molar refractivity (Wildman–Crippen MR) is 116 cm³/mol. The van der Waals surface area contributed by atoms with E-state index in [0.29, 0.717) is 5.92 Å². The Kier molecular flexibility index (Phi) is 3.86. The number of nitrogens with zero attached hydrogens (tertiary/aromatic N) is 4. The highest BCUT2D eigenvalue weighted by Crippen LogP contribution is 2.35. The maximum Gasteiger partial charge on any atom is 0.154 e. The summed E-state index contributed by atoms with van der Waals surface area (Å²) in [6.07, 6.45) is 7.98. The number of rotatable bonds is 3. The first kappa shape index (κ1) is 17.5. The summed E-state index contributed by atoms with van der Waals surface area (Å²) in [5.41, 5.74) is 6.27. The average molecular weight is 401 g/mol. The van der Waals surface area contributed by atoms with Gasteiger partial charge in [0.2, 0.25) is 0 Å². The maximum absolute atomic E-state index is 5.55. The van der Waals surface area contributed by atoms with E-state index in [1.54, 1.807) is 7.11 Å². The smallest absolute Gasteiger partial charge is 0.154 e. The molecule has 1 aromatic carbocycles. The molecule has 0 unspecified atom stereocenters. The van der Waals surface area contributed by atoms with E-state index in [9.17, 15) is 0 Å². The minimum atomic E-state index is 0.409. The van der Waals surface area contributed by atoms with Crippen molar-refractivity contribution in [2.45, 2.75) is 18.8 Å². The average Bonchev–Trinajstić information content (AvgIpc) is 3.48. The molecule has 30 heavy (non-hydrogen) atoms. The third-order valence-corrected chi connectivity index (χ3v) is 6.23. The van der Waals surface area contributed by atoms with Gasteiger partial charge in [0.1, 0.15) is 11.6 Å². The van der Waals surface area contributed by atoms with Crippen LogP contribution in [-0.4, -0.2) is 44.2 Å². The van der Waals surface area contributed by atoms with Crippen molar-refractivity contribution in [2.24, 2.45) is 7.05 Å². The van der Waals surface area contributed by atoms with Gasteiger partial charge in [-0.1, -0.05) is 0 Å². The van der Waals surface area contributed by atoms with Crippen LogP contribution in [0.3, 0.4) is 0 Å². The topological polar surface area (TPSA) is 69.4 Å². The largest absolute Gasteiger partial charge is 0.497 e. The van der Waals surface area contributed by atoms with Crippen molar-refractivity contribution in [3.8, 4) is 17.0 Å². The highest BCUT2D eigenvalue weighted by Gasteiger charge is 2.22. The van der Waals surface area contributed by atoms with Gasteiger partial charge in [-0.3, -0.25) is 4.40 Å². The van der Waals surface area contributed by atoms with Gasteiger partial charge in [-0.05, 0) is 37.1 Å². The van der Waals surface area contributed by atoms with Gasteiger partial charge < -0.3 is 19.0 Å². The number of aromatic nitrogens is 5. The molecule has 5 aromatic rings. The summed E-state index contributed by atoms with van der Waals surface area (Å²) in [5.74, 6) is 2.36. The van der Waals surface area contributed by atoms with Crippen LogP contribution in [0.4, 0.5) is 0 Å². The molecule has 0 amide bonds. The third-order valence-electron chi connectivity index (χ3n) is 6.23. The zero-order chi connectivity index (χ0) is 20.2. The van der Waals surface area contributed by atoms with E-state index in [1.807, 2.05) is 18.5 Å². The number of benzene rings is 1. The molecule has 1 fully saturated rings. The number of methoxy groups -OCH3 is 1. The highest BCUT2D eigenvalue weighted by molar-refractivity contribution is 5.98. The number of nitrogens with one attached hydrogen (secondary N) is 1. The van der Waals surface area contributed by atoms with Gasteiger partial charge in [-0.15, -0.1) is 0 Å². The number of aromatic amines is 1. The van der Waals surface area contributed by atoms with E-state index in [-0.39, 0.29) is 0 Å². The first-order valence-electron chi connectivity index (χ1n) is 10.3. The van der Waals surface area contributed by atoms with Crippen molar-refractivity contribution in [2.75, 3.05) is 20.3 Å². The van der Waals surface area contributed by atoms with Crippen molar-refractivity contribution in [1.29, 1.82) is 0 Å². The molecule has 1 saturated heterocycles. The molecule has 0 atom stereocenters. The number of ether oxygens (including phenoxy) is 2. The quantitative estimate of drug-likeness (QED) is 0.490. The molecular formula is C23H23N5O2. The minimum absolute atomic E-state index is 0.409. The van der Waals surface area contributed by atoms with Crippen molar-refractivity contribution >= 4 is 27.6 Å². The standard InChI is InChI=1S/C23H23N5O2/c1-27-13-18(17-9-16(29-2)3-4-20(17)27)19-10-21-22(26-19)24-11-15-12-25-23(28(15)21)14-5-7-30-8-6-14/h3-4,9-14,26H,5-8H2,1-2H3. The van der Waals surface area contributed by atoms with Gasteiger partial charge >= 0.3 is 0 Å². The van der Waals surface area contributed by atoms with Crippen LogP contribution < -0.4 is 4.74 Å².